The van der Waals surface area contributed by atoms with Crippen LogP contribution >= 0.6 is 11.6 Å². The summed E-state index contributed by atoms with van der Waals surface area (Å²) in [7, 11) is 0. The van der Waals surface area contributed by atoms with E-state index in [1.165, 1.54) is 18.4 Å². The Bertz CT molecular complexity index is 544. The van der Waals surface area contributed by atoms with Crippen LogP contribution in [0.5, 0.6) is 0 Å². The zero-order chi connectivity index (χ0) is 11.8. The highest BCUT2D eigenvalue weighted by Crippen LogP contribution is 2.28. The van der Waals surface area contributed by atoms with Crippen molar-refractivity contribution >= 4 is 11.6 Å². The van der Waals surface area contributed by atoms with Gasteiger partial charge in [-0.2, -0.15) is 10.2 Å². The van der Waals surface area contributed by atoms with Crippen LogP contribution in [0.15, 0.2) is 12.1 Å². The quantitative estimate of drug-likeness (QED) is 0.779. The zero-order valence-corrected chi connectivity index (χ0v) is 10.4. The number of aryl methyl sites for hydroxylation is 2. The van der Waals surface area contributed by atoms with Crippen molar-refractivity contribution in [1.82, 2.24) is 20.0 Å². The number of hydrogen-bond donors (Lipinski definition) is 0. The molecule has 0 atom stereocenters. The van der Waals surface area contributed by atoms with Gasteiger partial charge in [-0.1, -0.05) is 11.6 Å². The summed E-state index contributed by atoms with van der Waals surface area (Å²) in [5, 5.41) is 13.4. The maximum Gasteiger partial charge on any atom is 0.177 e. The van der Waals surface area contributed by atoms with Crippen LogP contribution in [0.3, 0.4) is 0 Å². The monoisotopic (exact) mass is 248 g/mol. The van der Waals surface area contributed by atoms with Gasteiger partial charge < -0.3 is 0 Å². The van der Waals surface area contributed by atoms with E-state index in [2.05, 4.69) is 15.3 Å². The van der Waals surface area contributed by atoms with Gasteiger partial charge in [-0.05, 0) is 44.7 Å². The van der Waals surface area contributed by atoms with E-state index < -0.39 is 0 Å². The first-order valence-corrected chi connectivity index (χ1v) is 6.20. The minimum absolute atomic E-state index is 0.690. The van der Waals surface area contributed by atoms with Crippen molar-refractivity contribution in [2.24, 2.45) is 0 Å². The second-order valence-corrected chi connectivity index (χ2v) is 4.73. The molecule has 0 radical (unpaired) electrons. The average molecular weight is 249 g/mol. The molecule has 4 nitrogen and oxygen atoms in total. The SMILES string of the molecule is Cc1ccc(-n2nc3c(c2Cl)CCCC3)nn1. The topological polar surface area (TPSA) is 43.6 Å². The normalized spacial score (nSPS) is 14.7. The Kier molecular flexibility index (Phi) is 2.59. The summed E-state index contributed by atoms with van der Waals surface area (Å²) in [5.74, 6) is 0.690. The van der Waals surface area contributed by atoms with Crippen LogP contribution in [0.2, 0.25) is 5.15 Å². The highest BCUT2D eigenvalue weighted by Gasteiger charge is 2.20. The number of halogens is 1. The van der Waals surface area contributed by atoms with Crippen LogP contribution < -0.4 is 0 Å². The summed E-state index contributed by atoms with van der Waals surface area (Å²) in [5.41, 5.74) is 3.19. The molecule has 3 rings (SSSR count). The molecule has 0 spiro atoms. The third kappa shape index (κ3) is 1.82. The predicted octanol–water partition coefficient (Wildman–Crippen LogP) is 2.50. The second kappa shape index (κ2) is 4.11. The Morgan fingerprint density at radius 1 is 1.18 bits per heavy atom. The minimum atomic E-state index is 0.690. The smallest absolute Gasteiger partial charge is 0.177 e. The first kappa shape index (κ1) is 10.7. The van der Waals surface area contributed by atoms with Crippen molar-refractivity contribution in [2.75, 3.05) is 0 Å². The number of rotatable bonds is 1. The Morgan fingerprint density at radius 3 is 2.71 bits per heavy atom. The summed E-state index contributed by atoms with van der Waals surface area (Å²) in [4.78, 5) is 0. The largest absolute Gasteiger partial charge is 0.201 e. The molecule has 2 heterocycles. The fraction of sp³-hybridized carbons (Fsp3) is 0.417. The van der Waals surface area contributed by atoms with Gasteiger partial charge in [-0.15, -0.1) is 5.10 Å². The van der Waals surface area contributed by atoms with Gasteiger partial charge in [0.05, 0.1) is 11.4 Å². The molecule has 0 aromatic carbocycles. The highest BCUT2D eigenvalue weighted by atomic mass is 35.5. The molecule has 0 N–H and O–H groups in total. The standard InChI is InChI=1S/C12H13ClN4/c1-8-6-7-11(15-14-8)17-12(13)9-4-2-3-5-10(9)16-17/h6-7H,2-5H2,1H3. The van der Waals surface area contributed by atoms with E-state index in [0.29, 0.717) is 11.0 Å². The molecule has 0 fully saturated rings. The molecule has 0 unspecified atom stereocenters. The molecular weight excluding hydrogens is 236 g/mol. The van der Waals surface area contributed by atoms with E-state index in [-0.39, 0.29) is 0 Å². The van der Waals surface area contributed by atoms with Gasteiger partial charge in [0.2, 0.25) is 0 Å². The van der Waals surface area contributed by atoms with Gasteiger partial charge in [0.1, 0.15) is 5.15 Å². The lowest BCUT2D eigenvalue weighted by atomic mass is 9.99. The van der Waals surface area contributed by atoms with Crippen LogP contribution in [0, 0.1) is 6.92 Å². The third-order valence-corrected chi connectivity index (χ3v) is 3.48. The van der Waals surface area contributed by atoms with Crippen molar-refractivity contribution < 1.29 is 0 Å². The summed E-state index contributed by atoms with van der Waals surface area (Å²) < 4.78 is 1.70. The molecule has 2 aromatic heterocycles. The van der Waals surface area contributed by atoms with Crippen LogP contribution in [-0.2, 0) is 12.8 Å². The summed E-state index contributed by atoms with van der Waals surface area (Å²) in [6.45, 7) is 1.91. The highest BCUT2D eigenvalue weighted by molar-refractivity contribution is 6.30. The molecule has 0 saturated heterocycles. The predicted molar refractivity (Wildman–Crippen MR) is 65.5 cm³/mol. The Hall–Kier alpha value is -1.42. The molecule has 5 heteroatoms. The number of aromatic nitrogens is 4. The first-order valence-electron chi connectivity index (χ1n) is 5.82. The maximum atomic E-state index is 6.35. The molecule has 0 bridgehead atoms. The van der Waals surface area contributed by atoms with E-state index in [4.69, 9.17) is 11.6 Å². The molecule has 2 aromatic rings. The summed E-state index contributed by atoms with van der Waals surface area (Å²) >= 11 is 6.35. The Labute approximate surface area is 105 Å². The van der Waals surface area contributed by atoms with Gasteiger partial charge in [0.15, 0.2) is 5.82 Å². The van der Waals surface area contributed by atoms with Gasteiger partial charge in [0.25, 0.3) is 0 Å². The first-order chi connectivity index (χ1) is 8.25. The zero-order valence-electron chi connectivity index (χ0n) is 9.65. The maximum absolute atomic E-state index is 6.35. The van der Waals surface area contributed by atoms with E-state index in [1.807, 2.05) is 19.1 Å². The van der Waals surface area contributed by atoms with Crippen molar-refractivity contribution in [2.45, 2.75) is 32.6 Å². The summed E-state index contributed by atoms with van der Waals surface area (Å²) in [6, 6.07) is 3.81. The lowest BCUT2D eigenvalue weighted by Crippen LogP contribution is -2.02. The van der Waals surface area contributed by atoms with Gasteiger partial charge >= 0.3 is 0 Å². The van der Waals surface area contributed by atoms with Crippen LogP contribution in [-0.4, -0.2) is 20.0 Å². The van der Waals surface area contributed by atoms with Gasteiger partial charge in [-0.3, -0.25) is 0 Å². The lowest BCUT2D eigenvalue weighted by Gasteiger charge is -2.07. The van der Waals surface area contributed by atoms with E-state index >= 15 is 0 Å². The van der Waals surface area contributed by atoms with E-state index in [0.717, 1.165) is 24.2 Å². The molecular formula is C12H13ClN4. The van der Waals surface area contributed by atoms with Crippen molar-refractivity contribution in [3.63, 3.8) is 0 Å². The number of fused-ring (bicyclic) bond motifs is 1. The van der Waals surface area contributed by atoms with Crippen molar-refractivity contribution in [3.8, 4) is 5.82 Å². The third-order valence-electron chi connectivity index (χ3n) is 3.10. The van der Waals surface area contributed by atoms with Gasteiger partial charge in [-0.25, -0.2) is 4.68 Å². The molecule has 1 aliphatic rings. The Balaban J connectivity index is 2.09. The average Bonchev–Trinajstić information content (AvgIpc) is 2.69. The number of nitrogens with zero attached hydrogens (tertiary/aromatic N) is 4. The van der Waals surface area contributed by atoms with Crippen LogP contribution in [0.1, 0.15) is 29.8 Å². The molecule has 88 valence electrons. The van der Waals surface area contributed by atoms with Gasteiger partial charge in [0, 0.05) is 5.56 Å². The molecule has 0 aliphatic heterocycles. The minimum Gasteiger partial charge on any atom is -0.201 e. The lowest BCUT2D eigenvalue weighted by molar-refractivity contribution is 0.669. The van der Waals surface area contributed by atoms with Crippen LogP contribution in [0.4, 0.5) is 0 Å². The summed E-state index contributed by atoms with van der Waals surface area (Å²) in [6.07, 6.45) is 4.42. The molecule has 1 aliphatic carbocycles. The molecule has 17 heavy (non-hydrogen) atoms. The molecule has 0 saturated carbocycles. The Morgan fingerprint density at radius 2 is 2.00 bits per heavy atom. The fourth-order valence-electron chi connectivity index (χ4n) is 2.17. The molecule has 0 amide bonds. The fourth-order valence-corrected chi connectivity index (χ4v) is 2.50. The second-order valence-electron chi connectivity index (χ2n) is 4.37. The van der Waals surface area contributed by atoms with E-state index in [9.17, 15) is 0 Å². The van der Waals surface area contributed by atoms with E-state index in [1.54, 1.807) is 4.68 Å². The number of hydrogen-bond acceptors (Lipinski definition) is 3. The van der Waals surface area contributed by atoms with Crippen molar-refractivity contribution in [3.05, 3.63) is 34.2 Å². The van der Waals surface area contributed by atoms with Crippen molar-refractivity contribution in [1.29, 1.82) is 0 Å². The van der Waals surface area contributed by atoms with Crippen LogP contribution in [0.25, 0.3) is 5.82 Å².